The molecule has 1 aliphatic rings. The van der Waals surface area contributed by atoms with Gasteiger partial charge in [0, 0.05) is 24.4 Å². The minimum Gasteiger partial charge on any atom is -0.372 e. The fourth-order valence-electron chi connectivity index (χ4n) is 4.81. The highest BCUT2D eigenvalue weighted by molar-refractivity contribution is 7.96. The summed E-state index contributed by atoms with van der Waals surface area (Å²) < 4.78 is 26.9. The predicted molar refractivity (Wildman–Crippen MR) is 152 cm³/mol. The van der Waals surface area contributed by atoms with E-state index >= 15 is 0 Å². The van der Waals surface area contributed by atoms with Crippen molar-refractivity contribution in [3.63, 3.8) is 0 Å². The average Bonchev–Trinajstić information content (AvgIpc) is 3.11. The fourth-order valence-corrected chi connectivity index (χ4v) is 6.52. The molecule has 0 bridgehead atoms. The van der Waals surface area contributed by atoms with Crippen LogP contribution in [0.25, 0.3) is 16.5 Å². The van der Waals surface area contributed by atoms with Gasteiger partial charge in [-0.15, -0.1) is 0 Å². The summed E-state index contributed by atoms with van der Waals surface area (Å²) in [5.74, 6) is 0. The van der Waals surface area contributed by atoms with Gasteiger partial charge in [0.25, 0.3) is 5.70 Å². The first-order valence-corrected chi connectivity index (χ1v) is 14.8. The zero-order valence-electron chi connectivity index (χ0n) is 22.3. The number of hydrogen-bond donors (Lipinski definition) is 0. The summed E-state index contributed by atoms with van der Waals surface area (Å²) in [6.07, 6.45) is 11.3. The van der Waals surface area contributed by atoms with Gasteiger partial charge in [0.1, 0.15) is 0 Å². The van der Waals surface area contributed by atoms with Gasteiger partial charge < -0.3 is 4.90 Å². The average molecular weight is 516 g/mol. The van der Waals surface area contributed by atoms with Crippen LogP contribution >= 0.6 is 0 Å². The Labute approximate surface area is 222 Å². The number of fused-ring (bicyclic) bond motifs is 1. The predicted octanol–water partition coefficient (Wildman–Crippen LogP) is 7.94. The van der Waals surface area contributed by atoms with Crippen molar-refractivity contribution < 1.29 is 8.42 Å². The molecule has 0 N–H and O–H groups in total. The van der Waals surface area contributed by atoms with Crippen LogP contribution in [-0.4, -0.2) is 21.5 Å². The topological polar surface area (TPSA) is 65.5 Å². The van der Waals surface area contributed by atoms with Crippen molar-refractivity contribution in [2.45, 2.75) is 77.0 Å². The van der Waals surface area contributed by atoms with Crippen molar-refractivity contribution in [3.8, 4) is 6.07 Å². The molecule has 194 valence electrons. The molecule has 37 heavy (non-hydrogen) atoms. The lowest BCUT2D eigenvalue weighted by Crippen LogP contribution is -2.25. The van der Waals surface area contributed by atoms with Crippen LogP contribution in [0.15, 0.2) is 58.0 Å². The number of unbranched alkanes of at least 4 members (excludes halogenated alkanes) is 6. The Balaban J connectivity index is 1.99. The van der Waals surface area contributed by atoms with Crippen LogP contribution in [0.5, 0.6) is 0 Å². The Morgan fingerprint density at radius 1 is 1.00 bits per heavy atom. The SMILES string of the molecule is [C-]#[N+]/C(C#N)=C1/C(=C/c2ccc(N(CCCCCC)CCCCCC)cc2C)S(=O)(=O)c2ccccc21. The van der Waals surface area contributed by atoms with E-state index in [2.05, 4.69) is 35.7 Å². The van der Waals surface area contributed by atoms with E-state index in [-0.39, 0.29) is 21.1 Å². The summed E-state index contributed by atoms with van der Waals surface area (Å²) in [6, 6.07) is 14.6. The van der Waals surface area contributed by atoms with Crippen LogP contribution in [0.2, 0.25) is 0 Å². The first-order valence-electron chi connectivity index (χ1n) is 13.3. The molecule has 1 aliphatic heterocycles. The molecule has 0 atom stereocenters. The molecule has 1 heterocycles. The number of nitrogens with zero attached hydrogens (tertiary/aromatic N) is 3. The molecule has 0 saturated carbocycles. The number of aryl methyl sites for hydroxylation is 1. The van der Waals surface area contributed by atoms with Gasteiger partial charge in [-0.25, -0.2) is 18.5 Å². The Bertz CT molecular complexity index is 1330. The van der Waals surface area contributed by atoms with Crippen LogP contribution in [0.1, 0.15) is 81.9 Å². The van der Waals surface area contributed by atoms with Gasteiger partial charge in [0.05, 0.1) is 22.4 Å². The Kier molecular flexibility index (Phi) is 10.1. The van der Waals surface area contributed by atoms with Crippen molar-refractivity contribution in [2.75, 3.05) is 18.0 Å². The zero-order chi connectivity index (χ0) is 26.8. The monoisotopic (exact) mass is 515 g/mol. The van der Waals surface area contributed by atoms with Gasteiger partial charge in [0.2, 0.25) is 9.84 Å². The summed E-state index contributed by atoms with van der Waals surface area (Å²) in [6.45, 7) is 15.9. The first-order chi connectivity index (χ1) is 17.9. The molecule has 2 aromatic carbocycles. The minimum atomic E-state index is -3.84. The smallest absolute Gasteiger partial charge is 0.270 e. The highest BCUT2D eigenvalue weighted by atomic mass is 32.2. The first kappa shape index (κ1) is 28.2. The van der Waals surface area contributed by atoms with E-state index in [1.165, 1.54) is 44.6 Å². The van der Waals surface area contributed by atoms with E-state index in [1.54, 1.807) is 24.3 Å². The van der Waals surface area contributed by atoms with Crippen molar-refractivity contribution >= 4 is 27.2 Å². The Morgan fingerprint density at radius 3 is 2.22 bits per heavy atom. The number of allylic oxidation sites excluding steroid dienone is 2. The van der Waals surface area contributed by atoms with E-state index in [4.69, 9.17) is 6.57 Å². The van der Waals surface area contributed by atoms with Crippen LogP contribution < -0.4 is 4.90 Å². The maximum absolute atomic E-state index is 13.4. The molecule has 0 fully saturated rings. The van der Waals surface area contributed by atoms with Gasteiger partial charge in [-0.3, -0.25) is 0 Å². The molecule has 3 rings (SSSR count). The van der Waals surface area contributed by atoms with Crippen LogP contribution in [-0.2, 0) is 9.84 Å². The maximum Gasteiger partial charge on any atom is 0.270 e. The second-order valence-electron chi connectivity index (χ2n) is 9.60. The van der Waals surface area contributed by atoms with Gasteiger partial charge in [0.15, 0.2) is 0 Å². The van der Waals surface area contributed by atoms with E-state index in [1.807, 2.05) is 19.1 Å². The number of anilines is 1. The van der Waals surface area contributed by atoms with E-state index in [9.17, 15) is 13.7 Å². The molecule has 0 radical (unpaired) electrons. The molecule has 6 heteroatoms. The third-order valence-electron chi connectivity index (χ3n) is 6.90. The minimum absolute atomic E-state index is 0.0214. The molecule has 0 amide bonds. The van der Waals surface area contributed by atoms with Crippen molar-refractivity contribution in [3.05, 3.63) is 81.2 Å². The summed E-state index contributed by atoms with van der Waals surface area (Å²) in [5.41, 5.74) is 3.29. The lowest BCUT2D eigenvalue weighted by molar-refractivity contribution is 0.604. The van der Waals surface area contributed by atoms with Gasteiger partial charge in [-0.2, -0.15) is 0 Å². The molecular formula is C31H37N3O2S. The highest BCUT2D eigenvalue weighted by Gasteiger charge is 2.37. The van der Waals surface area contributed by atoms with Crippen LogP contribution in [0.4, 0.5) is 5.69 Å². The number of benzene rings is 2. The van der Waals surface area contributed by atoms with Crippen molar-refractivity contribution in [1.29, 1.82) is 5.26 Å². The third kappa shape index (κ3) is 6.51. The number of hydrogen-bond acceptors (Lipinski definition) is 4. The van der Waals surface area contributed by atoms with E-state index < -0.39 is 9.84 Å². The maximum atomic E-state index is 13.4. The molecular weight excluding hydrogens is 478 g/mol. The third-order valence-corrected chi connectivity index (χ3v) is 8.74. The standard InChI is InChI=1S/C31H37N3O2S/c1-5-7-9-13-19-34(20-14-10-8-6-2)26-18-17-25(24(3)21-26)22-30-31(28(23-32)33-4)27-15-11-12-16-29(27)37(30,35)36/h11-12,15-18,21-22H,5-10,13-14,19-20H2,1-3H3/b30-22-,31-28+. The molecule has 0 saturated heterocycles. The van der Waals surface area contributed by atoms with Crippen molar-refractivity contribution in [2.24, 2.45) is 0 Å². The van der Waals surface area contributed by atoms with E-state index in [0.717, 1.165) is 42.7 Å². The zero-order valence-corrected chi connectivity index (χ0v) is 23.1. The molecule has 0 spiro atoms. The Morgan fingerprint density at radius 2 is 1.65 bits per heavy atom. The lowest BCUT2D eigenvalue weighted by atomic mass is 10.0. The normalized spacial score (nSPS) is 16.2. The lowest BCUT2D eigenvalue weighted by Gasteiger charge is -2.26. The second kappa shape index (κ2) is 13.3. The highest BCUT2D eigenvalue weighted by Crippen LogP contribution is 2.45. The fraction of sp³-hybridized carbons (Fsp3) is 0.419. The Hall–Kier alpha value is -3.35. The van der Waals surface area contributed by atoms with Crippen LogP contribution in [0.3, 0.4) is 0 Å². The summed E-state index contributed by atoms with van der Waals surface area (Å²) in [4.78, 5) is 5.97. The number of nitriles is 1. The largest absolute Gasteiger partial charge is 0.372 e. The van der Waals surface area contributed by atoms with Gasteiger partial charge >= 0.3 is 0 Å². The molecule has 0 aliphatic carbocycles. The molecule has 0 aromatic heterocycles. The van der Waals surface area contributed by atoms with Gasteiger partial charge in [-0.1, -0.05) is 76.6 Å². The van der Waals surface area contributed by atoms with Crippen molar-refractivity contribution in [1.82, 2.24) is 0 Å². The quantitative estimate of drug-likeness (QED) is 0.163. The van der Waals surface area contributed by atoms with E-state index in [0.29, 0.717) is 5.56 Å². The second-order valence-corrected chi connectivity index (χ2v) is 11.5. The summed E-state index contributed by atoms with van der Waals surface area (Å²) >= 11 is 0. The summed E-state index contributed by atoms with van der Waals surface area (Å²) in [5, 5.41) is 9.58. The van der Waals surface area contributed by atoms with Crippen LogP contribution in [0, 0.1) is 24.8 Å². The number of sulfone groups is 1. The van der Waals surface area contributed by atoms with Gasteiger partial charge in [-0.05, 0) is 60.7 Å². The molecule has 2 aromatic rings. The molecule has 0 unspecified atom stereocenters. The number of rotatable bonds is 12. The summed E-state index contributed by atoms with van der Waals surface area (Å²) in [7, 11) is -3.84. The molecule has 5 nitrogen and oxygen atoms in total.